The van der Waals surface area contributed by atoms with E-state index >= 15 is 0 Å². The van der Waals surface area contributed by atoms with Crippen LogP contribution < -0.4 is 16.4 Å². The monoisotopic (exact) mass is 257 g/mol. The quantitative estimate of drug-likeness (QED) is 0.557. The Kier molecular flexibility index (Phi) is 4.15. The van der Waals surface area contributed by atoms with Gasteiger partial charge in [-0.1, -0.05) is 6.42 Å². The first kappa shape index (κ1) is 14.3. The fourth-order valence-corrected chi connectivity index (χ4v) is 1.98. The molecule has 2 unspecified atom stereocenters. The molecule has 1 rings (SSSR count). The number of hydrogen-bond donors (Lipinski definition) is 4. The van der Waals surface area contributed by atoms with Gasteiger partial charge in [0, 0.05) is 6.04 Å². The maximum Gasteiger partial charge on any atom is 0.315 e. The third-order valence-corrected chi connectivity index (χ3v) is 3.19. The molecule has 0 spiro atoms. The lowest BCUT2D eigenvalue weighted by Crippen LogP contribution is -2.57. The van der Waals surface area contributed by atoms with Crippen molar-refractivity contribution in [3.8, 4) is 0 Å². The number of amides is 3. The molecule has 3 amide bonds. The van der Waals surface area contributed by atoms with E-state index in [1.54, 1.807) is 0 Å². The van der Waals surface area contributed by atoms with Crippen molar-refractivity contribution in [1.29, 1.82) is 0 Å². The summed E-state index contributed by atoms with van der Waals surface area (Å²) in [5, 5.41) is 14.0. The molecule has 0 bridgehead atoms. The van der Waals surface area contributed by atoms with Crippen LogP contribution in [0.25, 0.3) is 0 Å². The summed E-state index contributed by atoms with van der Waals surface area (Å²) in [6, 6.07) is -0.969. The van der Waals surface area contributed by atoms with E-state index in [1.807, 2.05) is 0 Å². The van der Waals surface area contributed by atoms with Crippen LogP contribution >= 0.6 is 0 Å². The number of carbonyl (C=O) groups excluding carboxylic acids is 2. The largest absolute Gasteiger partial charge is 0.481 e. The van der Waals surface area contributed by atoms with Crippen LogP contribution in [0.4, 0.5) is 4.79 Å². The lowest BCUT2D eigenvalue weighted by Gasteiger charge is -2.25. The predicted molar refractivity (Wildman–Crippen MR) is 63.7 cm³/mol. The summed E-state index contributed by atoms with van der Waals surface area (Å²) < 4.78 is 0. The third kappa shape index (κ3) is 3.35. The van der Waals surface area contributed by atoms with Crippen molar-refractivity contribution < 1.29 is 19.5 Å². The highest BCUT2D eigenvalue weighted by molar-refractivity contribution is 5.89. The molecule has 7 nitrogen and oxygen atoms in total. The molecule has 5 N–H and O–H groups in total. The molecule has 0 saturated heterocycles. The summed E-state index contributed by atoms with van der Waals surface area (Å²) in [4.78, 5) is 33.7. The van der Waals surface area contributed by atoms with Gasteiger partial charge in [0.15, 0.2) is 0 Å². The number of nitrogens with one attached hydrogen (secondary N) is 2. The van der Waals surface area contributed by atoms with Crippen LogP contribution in [0, 0.1) is 5.92 Å². The second kappa shape index (κ2) is 5.24. The number of urea groups is 1. The van der Waals surface area contributed by atoms with Gasteiger partial charge in [-0.25, -0.2) is 4.79 Å². The van der Waals surface area contributed by atoms with Gasteiger partial charge in [-0.3, -0.25) is 9.59 Å². The van der Waals surface area contributed by atoms with E-state index in [0.717, 1.165) is 6.42 Å². The molecule has 102 valence electrons. The maximum atomic E-state index is 11.7. The van der Waals surface area contributed by atoms with Crippen molar-refractivity contribution in [3.05, 3.63) is 0 Å². The van der Waals surface area contributed by atoms with Crippen molar-refractivity contribution in [2.45, 2.75) is 44.7 Å². The molecule has 1 saturated carbocycles. The summed E-state index contributed by atoms with van der Waals surface area (Å²) in [5.41, 5.74) is 3.96. The maximum absolute atomic E-state index is 11.7. The first-order valence-corrected chi connectivity index (χ1v) is 5.85. The highest BCUT2D eigenvalue weighted by Crippen LogP contribution is 2.25. The highest BCUT2D eigenvalue weighted by Gasteiger charge is 2.35. The van der Waals surface area contributed by atoms with Crippen LogP contribution in [0.15, 0.2) is 0 Å². The lowest BCUT2D eigenvalue weighted by molar-refractivity contribution is -0.142. The molecule has 0 aromatic heterocycles. The summed E-state index contributed by atoms with van der Waals surface area (Å²) in [5.74, 6) is -2.13. The van der Waals surface area contributed by atoms with E-state index in [0.29, 0.717) is 12.8 Å². The number of carbonyl (C=O) groups is 3. The average molecular weight is 257 g/mol. The number of carboxylic acid groups (broad SMARTS) is 1. The molecule has 0 heterocycles. The Balaban J connectivity index is 2.55. The summed E-state index contributed by atoms with van der Waals surface area (Å²) in [6.45, 7) is 2.97. The van der Waals surface area contributed by atoms with Crippen LogP contribution in [0.1, 0.15) is 33.1 Å². The molecular weight excluding hydrogens is 238 g/mol. The van der Waals surface area contributed by atoms with Crippen LogP contribution in [0.5, 0.6) is 0 Å². The number of hydrogen-bond acceptors (Lipinski definition) is 3. The minimum absolute atomic E-state index is 0.397. The number of nitrogens with two attached hydrogens (primary N) is 1. The highest BCUT2D eigenvalue weighted by atomic mass is 16.4. The van der Waals surface area contributed by atoms with Crippen LogP contribution in [0.2, 0.25) is 0 Å². The molecule has 0 radical (unpaired) electrons. The molecule has 0 aromatic carbocycles. The zero-order valence-electron chi connectivity index (χ0n) is 10.5. The minimum atomic E-state index is -1.17. The Labute approximate surface area is 105 Å². The van der Waals surface area contributed by atoms with Crippen LogP contribution in [-0.4, -0.2) is 34.6 Å². The summed E-state index contributed by atoms with van der Waals surface area (Å²) >= 11 is 0. The van der Waals surface area contributed by atoms with Gasteiger partial charge in [0.1, 0.15) is 5.54 Å². The Bertz CT molecular complexity index is 367. The fraction of sp³-hybridized carbons (Fsp3) is 0.727. The first-order chi connectivity index (χ1) is 8.24. The van der Waals surface area contributed by atoms with Gasteiger partial charge >= 0.3 is 12.0 Å². The predicted octanol–water partition coefficient (Wildman–Crippen LogP) is -0.197. The minimum Gasteiger partial charge on any atom is -0.481 e. The number of carboxylic acids is 1. The SMILES string of the molecule is CC(C)(NC(=O)NC1CCCC1C(=O)O)C(N)=O. The van der Waals surface area contributed by atoms with E-state index in [-0.39, 0.29) is 0 Å². The van der Waals surface area contributed by atoms with Gasteiger partial charge in [-0.05, 0) is 26.7 Å². The Morgan fingerprint density at radius 3 is 2.39 bits per heavy atom. The average Bonchev–Trinajstić information content (AvgIpc) is 2.64. The normalized spacial score (nSPS) is 23.4. The first-order valence-electron chi connectivity index (χ1n) is 5.85. The lowest BCUT2D eigenvalue weighted by atomic mass is 10.0. The van der Waals surface area contributed by atoms with Crippen molar-refractivity contribution in [2.24, 2.45) is 11.7 Å². The molecule has 1 aliphatic rings. The molecule has 1 fully saturated rings. The van der Waals surface area contributed by atoms with E-state index < -0.39 is 35.4 Å². The summed E-state index contributed by atoms with van der Waals surface area (Å²) in [7, 11) is 0. The van der Waals surface area contributed by atoms with Crippen molar-refractivity contribution >= 4 is 17.9 Å². The molecule has 0 aromatic rings. The molecular formula is C11H19N3O4. The van der Waals surface area contributed by atoms with Crippen LogP contribution in [0.3, 0.4) is 0 Å². The molecule has 18 heavy (non-hydrogen) atoms. The Morgan fingerprint density at radius 2 is 1.89 bits per heavy atom. The van der Waals surface area contributed by atoms with Gasteiger partial charge in [0.05, 0.1) is 5.92 Å². The topological polar surface area (TPSA) is 122 Å². The fourth-order valence-electron chi connectivity index (χ4n) is 1.98. The van der Waals surface area contributed by atoms with E-state index in [2.05, 4.69) is 10.6 Å². The standard InChI is InChI=1S/C11H19N3O4/c1-11(2,9(12)17)14-10(18)13-7-5-3-4-6(7)8(15)16/h6-7H,3-5H2,1-2H3,(H2,12,17)(H,15,16)(H2,13,14,18). The smallest absolute Gasteiger partial charge is 0.315 e. The van der Waals surface area contributed by atoms with Crippen LogP contribution in [-0.2, 0) is 9.59 Å². The van der Waals surface area contributed by atoms with E-state index in [4.69, 9.17) is 10.8 Å². The molecule has 0 aliphatic heterocycles. The Hall–Kier alpha value is -1.79. The zero-order valence-corrected chi connectivity index (χ0v) is 10.5. The van der Waals surface area contributed by atoms with Gasteiger partial charge in [-0.2, -0.15) is 0 Å². The van der Waals surface area contributed by atoms with E-state index in [9.17, 15) is 14.4 Å². The Morgan fingerprint density at radius 1 is 1.28 bits per heavy atom. The molecule has 2 atom stereocenters. The summed E-state index contributed by atoms with van der Waals surface area (Å²) in [6.07, 6.45) is 1.95. The second-order valence-electron chi connectivity index (χ2n) is 5.07. The van der Waals surface area contributed by atoms with Gasteiger partial charge in [0.2, 0.25) is 5.91 Å². The third-order valence-electron chi connectivity index (χ3n) is 3.19. The van der Waals surface area contributed by atoms with E-state index in [1.165, 1.54) is 13.8 Å². The van der Waals surface area contributed by atoms with Crippen molar-refractivity contribution in [3.63, 3.8) is 0 Å². The van der Waals surface area contributed by atoms with Gasteiger partial charge < -0.3 is 21.5 Å². The van der Waals surface area contributed by atoms with Crippen molar-refractivity contribution in [2.75, 3.05) is 0 Å². The zero-order chi connectivity index (χ0) is 13.9. The van der Waals surface area contributed by atoms with Gasteiger partial charge in [0.25, 0.3) is 0 Å². The second-order valence-corrected chi connectivity index (χ2v) is 5.07. The molecule has 7 heteroatoms. The van der Waals surface area contributed by atoms with Crippen molar-refractivity contribution in [1.82, 2.24) is 10.6 Å². The molecule has 1 aliphatic carbocycles. The number of primary amides is 1. The van der Waals surface area contributed by atoms with Gasteiger partial charge in [-0.15, -0.1) is 0 Å². The number of aliphatic carboxylic acids is 1. The number of rotatable bonds is 4.